The minimum Gasteiger partial charge on any atom is -0.455 e. The topological polar surface area (TPSA) is 89.5 Å². The molecular weight excluding hydrogens is 342 g/mol. The fourth-order valence-electron chi connectivity index (χ4n) is 6.13. The first-order chi connectivity index (χ1) is 11.7. The monoisotopic (exact) mass is 369 g/mol. The lowest BCUT2D eigenvalue weighted by Gasteiger charge is -2.55. The largest absolute Gasteiger partial charge is 0.455 e. The highest BCUT2D eigenvalue weighted by Crippen LogP contribution is 2.60. The van der Waals surface area contributed by atoms with Crippen molar-refractivity contribution in [1.29, 1.82) is 0 Å². The second kappa shape index (κ2) is 5.69. The number of hydrogen-bond donors (Lipinski definition) is 1. The van der Waals surface area contributed by atoms with Gasteiger partial charge in [-0.2, -0.15) is 0 Å². The van der Waals surface area contributed by atoms with Crippen LogP contribution >= 0.6 is 0 Å². The van der Waals surface area contributed by atoms with E-state index in [1.807, 2.05) is 0 Å². The standard InChI is InChI=1S/C18H27NO5S/c1-17(2-3-25(22,23)11-17)19-15(20)10-24-16(21)18-7-12-4-13(8-18)6-14(5-12)9-18/h12-14H,2-11H2,1H3,(H,19,20)/t12?,13?,14?,17-,18?/m0/s1. The molecule has 6 nitrogen and oxygen atoms in total. The highest BCUT2D eigenvalue weighted by atomic mass is 32.2. The molecule has 1 amide bonds. The summed E-state index contributed by atoms with van der Waals surface area (Å²) in [5, 5.41) is 2.74. The maximum Gasteiger partial charge on any atom is 0.312 e. The number of nitrogens with one attached hydrogen (secondary N) is 1. The number of ether oxygens (including phenoxy) is 1. The summed E-state index contributed by atoms with van der Waals surface area (Å²) in [6, 6.07) is 0. The fraction of sp³-hybridized carbons (Fsp3) is 0.889. The van der Waals surface area contributed by atoms with Gasteiger partial charge in [0.25, 0.3) is 5.91 Å². The van der Waals surface area contributed by atoms with Gasteiger partial charge in [-0.05, 0) is 69.6 Å². The molecule has 0 radical (unpaired) electrons. The maximum atomic E-state index is 12.7. The molecule has 1 saturated heterocycles. The molecule has 5 rings (SSSR count). The molecule has 5 fully saturated rings. The molecule has 0 unspecified atom stereocenters. The first kappa shape index (κ1) is 17.3. The van der Waals surface area contributed by atoms with E-state index in [4.69, 9.17) is 4.74 Å². The van der Waals surface area contributed by atoms with Gasteiger partial charge in [-0.3, -0.25) is 9.59 Å². The van der Waals surface area contributed by atoms with Crippen LogP contribution < -0.4 is 5.32 Å². The molecule has 4 saturated carbocycles. The van der Waals surface area contributed by atoms with Gasteiger partial charge in [0.05, 0.1) is 22.5 Å². The smallest absolute Gasteiger partial charge is 0.312 e. The van der Waals surface area contributed by atoms with E-state index in [0.29, 0.717) is 24.2 Å². The summed E-state index contributed by atoms with van der Waals surface area (Å²) >= 11 is 0. The normalized spacial score (nSPS) is 43.8. The second-order valence-electron chi connectivity index (χ2n) is 9.22. The Bertz CT molecular complexity index is 665. The number of rotatable bonds is 4. The van der Waals surface area contributed by atoms with Crippen LogP contribution in [0, 0.1) is 23.2 Å². The lowest BCUT2D eigenvalue weighted by atomic mass is 9.49. The molecule has 1 N–H and O–H groups in total. The van der Waals surface area contributed by atoms with Gasteiger partial charge in [0.2, 0.25) is 0 Å². The van der Waals surface area contributed by atoms with Gasteiger partial charge in [-0.25, -0.2) is 8.42 Å². The summed E-state index contributed by atoms with van der Waals surface area (Å²) in [7, 11) is -3.08. The molecule has 0 spiro atoms. The van der Waals surface area contributed by atoms with Crippen LogP contribution in [0.1, 0.15) is 51.9 Å². The van der Waals surface area contributed by atoms with Gasteiger partial charge < -0.3 is 10.1 Å². The van der Waals surface area contributed by atoms with Crippen molar-refractivity contribution in [2.45, 2.75) is 57.4 Å². The minimum absolute atomic E-state index is 0.0470. The molecule has 140 valence electrons. The fourth-order valence-corrected chi connectivity index (χ4v) is 8.22. The summed E-state index contributed by atoms with van der Waals surface area (Å²) in [4.78, 5) is 24.9. The van der Waals surface area contributed by atoms with E-state index in [2.05, 4.69) is 5.32 Å². The van der Waals surface area contributed by atoms with E-state index in [9.17, 15) is 18.0 Å². The Morgan fingerprint density at radius 3 is 2.12 bits per heavy atom. The highest BCUT2D eigenvalue weighted by molar-refractivity contribution is 7.91. The summed E-state index contributed by atoms with van der Waals surface area (Å²) in [5.74, 6) is 1.37. The molecule has 4 aliphatic carbocycles. The molecule has 25 heavy (non-hydrogen) atoms. The molecular formula is C18H27NO5S. The number of hydrogen-bond acceptors (Lipinski definition) is 5. The predicted octanol–water partition coefficient (Wildman–Crippen LogP) is 1.44. The highest BCUT2D eigenvalue weighted by Gasteiger charge is 2.55. The first-order valence-electron chi connectivity index (χ1n) is 9.36. The molecule has 5 aliphatic rings. The molecule has 1 aliphatic heterocycles. The number of carbonyl (C=O) groups is 2. The van der Waals surface area contributed by atoms with Gasteiger partial charge in [-0.15, -0.1) is 0 Å². The van der Waals surface area contributed by atoms with Crippen LogP contribution in [-0.4, -0.2) is 43.9 Å². The van der Waals surface area contributed by atoms with Crippen LogP contribution in [0.5, 0.6) is 0 Å². The molecule has 4 bridgehead atoms. The predicted molar refractivity (Wildman–Crippen MR) is 91.4 cm³/mol. The zero-order valence-corrected chi connectivity index (χ0v) is 15.6. The number of amides is 1. The Labute approximate surface area is 149 Å². The van der Waals surface area contributed by atoms with Crippen molar-refractivity contribution >= 4 is 21.7 Å². The van der Waals surface area contributed by atoms with Crippen molar-refractivity contribution in [2.75, 3.05) is 18.1 Å². The molecule has 0 aromatic rings. The SMILES string of the molecule is C[C@]1(NC(=O)COC(=O)C23CC4CC(CC(C4)C2)C3)CCS(=O)(=O)C1. The Balaban J connectivity index is 1.33. The van der Waals surface area contributed by atoms with Crippen LogP contribution in [0.3, 0.4) is 0 Å². The number of sulfone groups is 1. The quantitative estimate of drug-likeness (QED) is 0.758. The van der Waals surface area contributed by atoms with Crippen molar-refractivity contribution < 1.29 is 22.7 Å². The third kappa shape index (κ3) is 3.32. The van der Waals surface area contributed by atoms with E-state index in [1.54, 1.807) is 6.92 Å². The Kier molecular flexibility index (Phi) is 3.94. The van der Waals surface area contributed by atoms with E-state index in [-0.39, 0.29) is 29.5 Å². The van der Waals surface area contributed by atoms with Gasteiger partial charge in [0, 0.05) is 0 Å². The second-order valence-corrected chi connectivity index (χ2v) is 11.4. The van der Waals surface area contributed by atoms with Gasteiger partial charge >= 0.3 is 5.97 Å². The Morgan fingerprint density at radius 1 is 1.08 bits per heavy atom. The summed E-state index contributed by atoms with van der Waals surface area (Å²) in [5.41, 5.74) is -1.11. The maximum absolute atomic E-state index is 12.7. The van der Waals surface area contributed by atoms with E-state index < -0.39 is 21.3 Å². The van der Waals surface area contributed by atoms with Crippen LogP contribution in [0.15, 0.2) is 0 Å². The third-order valence-corrected chi connectivity index (χ3v) is 8.65. The molecule has 0 aromatic heterocycles. The molecule has 1 heterocycles. The van der Waals surface area contributed by atoms with E-state index in [1.165, 1.54) is 19.3 Å². The van der Waals surface area contributed by atoms with Crippen LogP contribution in [-0.2, 0) is 24.2 Å². The van der Waals surface area contributed by atoms with Crippen molar-refractivity contribution in [3.05, 3.63) is 0 Å². The van der Waals surface area contributed by atoms with Crippen LogP contribution in [0.4, 0.5) is 0 Å². The van der Waals surface area contributed by atoms with Crippen molar-refractivity contribution in [3.8, 4) is 0 Å². The zero-order chi connectivity index (χ0) is 17.9. The molecule has 7 heteroatoms. The summed E-state index contributed by atoms with van der Waals surface area (Å²) in [6.45, 7) is 1.42. The Morgan fingerprint density at radius 2 is 1.64 bits per heavy atom. The lowest BCUT2D eigenvalue weighted by molar-refractivity contribution is -0.173. The summed E-state index contributed by atoms with van der Waals surface area (Å²) in [6.07, 6.45) is 6.89. The van der Waals surface area contributed by atoms with Gasteiger partial charge in [-0.1, -0.05) is 0 Å². The van der Waals surface area contributed by atoms with Crippen molar-refractivity contribution in [2.24, 2.45) is 23.2 Å². The minimum atomic E-state index is -3.08. The first-order valence-corrected chi connectivity index (χ1v) is 11.2. The van der Waals surface area contributed by atoms with E-state index in [0.717, 1.165) is 19.3 Å². The zero-order valence-electron chi connectivity index (χ0n) is 14.8. The average molecular weight is 369 g/mol. The summed E-state index contributed by atoms with van der Waals surface area (Å²) < 4.78 is 28.6. The van der Waals surface area contributed by atoms with E-state index >= 15 is 0 Å². The molecule has 0 aromatic carbocycles. The average Bonchev–Trinajstić information content (AvgIpc) is 2.76. The molecule has 1 atom stereocenters. The number of esters is 1. The Hall–Kier alpha value is -1.11. The van der Waals surface area contributed by atoms with Crippen molar-refractivity contribution in [1.82, 2.24) is 5.32 Å². The lowest BCUT2D eigenvalue weighted by Crippen LogP contribution is -2.52. The van der Waals surface area contributed by atoms with Crippen molar-refractivity contribution in [3.63, 3.8) is 0 Å². The van der Waals surface area contributed by atoms with Gasteiger partial charge in [0.1, 0.15) is 0 Å². The van der Waals surface area contributed by atoms with Crippen LogP contribution in [0.2, 0.25) is 0 Å². The van der Waals surface area contributed by atoms with Crippen LogP contribution in [0.25, 0.3) is 0 Å². The third-order valence-electron chi connectivity index (χ3n) is 6.75. The van der Waals surface area contributed by atoms with Gasteiger partial charge in [0.15, 0.2) is 16.4 Å². The number of carbonyl (C=O) groups excluding carboxylic acids is 2.